The van der Waals surface area contributed by atoms with E-state index < -0.39 is 0 Å². The van der Waals surface area contributed by atoms with Crippen molar-refractivity contribution in [1.29, 1.82) is 15.8 Å². The van der Waals surface area contributed by atoms with Crippen molar-refractivity contribution < 1.29 is 0 Å². The zero-order valence-electron chi connectivity index (χ0n) is 10.7. The van der Waals surface area contributed by atoms with E-state index >= 15 is 0 Å². The first-order valence-corrected chi connectivity index (χ1v) is 6.15. The van der Waals surface area contributed by atoms with Gasteiger partial charge in [-0.3, -0.25) is 0 Å². The van der Waals surface area contributed by atoms with Crippen LogP contribution in [0, 0.1) is 34.0 Å². The Morgan fingerprint density at radius 1 is 0.850 bits per heavy atom. The van der Waals surface area contributed by atoms with E-state index in [2.05, 4.69) is 18.2 Å². The zero-order chi connectivity index (χ0) is 14.4. The van der Waals surface area contributed by atoms with Gasteiger partial charge in [0.25, 0.3) is 0 Å². The number of hydrogen-bond donors (Lipinski definition) is 0. The first kappa shape index (κ1) is 13.3. The fourth-order valence-corrected chi connectivity index (χ4v) is 2.03. The molecule has 0 aromatic heterocycles. The standard InChI is InChI=1S/C17H11N3/c18-10-13-4-6-16(7-5-13)17(12-20)9-14-2-1-3-15(8-14)11-19/h1-8,17H,9H2. The molecule has 94 valence electrons. The molecule has 0 N–H and O–H groups in total. The molecule has 0 amide bonds. The van der Waals surface area contributed by atoms with Gasteiger partial charge in [-0.1, -0.05) is 24.3 Å². The van der Waals surface area contributed by atoms with Crippen LogP contribution < -0.4 is 0 Å². The molecule has 2 rings (SSSR count). The van der Waals surface area contributed by atoms with E-state index in [1.54, 1.807) is 36.4 Å². The van der Waals surface area contributed by atoms with E-state index in [0.717, 1.165) is 11.1 Å². The second-order valence-electron chi connectivity index (χ2n) is 4.43. The van der Waals surface area contributed by atoms with Crippen LogP contribution in [0.15, 0.2) is 48.5 Å². The summed E-state index contributed by atoms with van der Waals surface area (Å²) >= 11 is 0. The SMILES string of the molecule is N#Cc1ccc(C(C#N)Cc2cccc(C#N)c2)cc1. The molecule has 0 spiro atoms. The Labute approximate surface area is 117 Å². The molecule has 0 radical (unpaired) electrons. The summed E-state index contributed by atoms with van der Waals surface area (Å²) < 4.78 is 0. The van der Waals surface area contributed by atoms with Crippen LogP contribution in [-0.4, -0.2) is 0 Å². The van der Waals surface area contributed by atoms with Crippen molar-refractivity contribution in [2.45, 2.75) is 12.3 Å². The summed E-state index contributed by atoms with van der Waals surface area (Å²) in [5.74, 6) is -0.281. The van der Waals surface area contributed by atoms with Crippen molar-refractivity contribution in [3.05, 3.63) is 70.8 Å². The number of nitriles is 3. The van der Waals surface area contributed by atoms with Crippen LogP contribution in [0.2, 0.25) is 0 Å². The fourth-order valence-electron chi connectivity index (χ4n) is 2.03. The van der Waals surface area contributed by atoms with E-state index in [0.29, 0.717) is 17.5 Å². The van der Waals surface area contributed by atoms with Gasteiger partial charge in [0.1, 0.15) is 0 Å². The minimum absolute atomic E-state index is 0.281. The van der Waals surface area contributed by atoms with Crippen LogP contribution in [0.3, 0.4) is 0 Å². The van der Waals surface area contributed by atoms with Gasteiger partial charge in [0.2, 0.25) is 0 Å². The normalized spacial score (nSPS) is 10.8. The lowest BCUT2D eigenvalue weighted by atomic mass is 9.92. The third-order valence-corrected chi connectivity index (χ3v) is 3.09. The molecule has 0 heterocycles. The van der Waals surface area contributed by atoms with Gasteiger partial charge in [0.15, 0.2) is 0 Å². The molecule has 2 aromatic carbocycles. The average Bonchev–Trinajstić information content (AvgIpc) is 2.53. The van der Waals surface area contributed by atoms with Crippen LogP contribution in [0.25, 0.3) is 0 Å². The third-order valence-electron chi connectivity index (χ3n) is 3.09. The van der Waals surface area contributed by atoms with Gasteiger partial charge in [-0.2, -0.15) is 15.8 Å². The predicted octanol–water partition coefficient (Wildman–Crippen LogP) is 3.28. The van der Waals surface area contributed by atoms with Crippen molar-refractivity contribution >= 4 is 0 Å². The summed E-state index contributed by atoms with van der Waals surface area (Å²) in [6, 6.07) is 20.7. The first-order chi connectivity index (χ1) is 9.76. The Hall–Kier alpha value is -3.09. The largest absolute Gasteiger partial charge is 0.198 e. The molecular formula is C17H11N3. The highest BCUT2D eigenvalue weighted by Gasteiger charge is 2.11. The van der Waals surface area contributed by atoms with Gasteiger partial charge in [0, 0.05) is 0 Å². The van der Waals surface area contributed by atoms with Gasteiger partial charge in [0.05, 0.1) is 35.3 Å². The highest BCUT2D eigenvalue weighted by molar-refractivity contribution is 5.38. The summed E-state index contributed by atoms with van der Waals surface area (Å²) in [6.45, 7) is 0. The Kier molecular flexibility index (Phi) is 4.13. The van der Waals surface area contributed by atoms with E-state index in [1.165, 1.54) is 0 Å². The monoisotopic (exact) mass is 257 g/mol. The number of nitrogens with zero attached hydrogens (tertiary/aromatic N) is 3. The second-order valence-corrected chi connectivity index (χ2v) is 4.43. The minimum Gasteiger partial charge on any atom is -0.198 e. The van der Waals surface area contributed by atoms with E-state index in [-0.39, 0.29) is 5.92 Å². The molecule has 3 nitrogen and oxygen atoms in total. The van der Waals surface area contributed by atoms with Gasteiger partial charge < -0.3 is 0 Å². The molecule has 0 aliphatic rings. The first-order valence-electron chi connectivity index (χ1n) is 6.15. The van der Waals surface area contributed by atoms with Crippen molar-refractivity contribution in [3.63, 3.8) is 0 Å². The van der Waals surface area contributed by atoms with Crippen LogP contribution in [0.4, 0.5) is 0 Å². The summed E-state index contributed by atoms with van der Waals surface area (Å²) in [7, 11) is 0. The molecule has 0 saturated heterocycles. The van der Waals surface area contributed by atoms with E-state index in [1.807, 2.05) is 12.1 Å². The minimum atomic E-state index is -0.281. The molecule has 2 aromatic rings. The number of rotatable bonds is 3. The fraction of sp³-hybridized carbons (Fsp3) is 0.118. The molecule has 0 aliphatic carbocycles. The van der Waals surface area contributed by atoms with E-state index in [9.17, 15) is 5.26 Å². The van der Waals surface area contributed by atoms with Gasteiger partial charge in [-0.25, -0.2) is 0 Å². The molecular weight excluding hydrogens is 246 g/mol. The molecule has 0 saturated carbocycles. The Balaban J connectivity index is 2.23. The summed E-state index contributed by atoms with van der Waals surface area (Å²) in [5.41, 5.74) is 3.02. The summed E-state index contributed by atoms with van der Waals surface area (Å²) in [5, 5.41) is 27.0. The second kappa shape index (κ2) is 6.19. The maximum absolute atomic E-state index is 9.31. The van der Waals surface area contributed by atoms with E-state index in [4.69, 9.17) is 10.5 Å². The Morgan fingerprint density at radius 2 is 1.55 bits per heavy atom. The molecule has 3 heteroatoms. The molecule has 0 aliphatic heterocycles. The Bertz CT molecular complexity index is 725. The molecule has 1 atom stereocenters. The highest BCUT2D eigenvalue weighted by Crippen LogP contribution is 2.21. The predicted molar refractivity (Wildman–Crippen MR) is 74.4 cm³/mol. The maximum atomic E-state index is 9.31. The summed E-state index contributed by atoms with van der Waals surface area (Å²) in [4.78, 5) is 0. The van der Waals surface area contributed by atoms with Crippen LogP contribution >= 0.6 is 0 Å². The van der Waals surface area contributed by atoms with Crippen LogP contribution in [0.1, 0.15) is 28.2 Å². The summed E-state index contributed by atoms with van der Waals surface area (Å²) in [6.07, 6.45) is 0.553. The zero-order valence-corrected chi connectivity index (χ0v) is 10.7. The van der Waals surface area contributed by atoms with Crippen molar-refractivity contribution in [2.24, 2.45) is 0 Å². The van der Waals surface area contributed by atoms with Gasteiger partial charge >= 0.3 is 0 Å². The highest BCUT2D eigenvalue weighted by atomic mass is 14.3. The van der Waals surface area contributed by atoms with Crippen molar-refractivity contribution in [3.8, 4) is 18.2 Å². The smallest absolute Gasteiger partial charge is 0.0991 e. The lowest BCUT2D eigenvalue weighted by Gasteiger charge is -2.09. The Morgan fingerprint density at radius 3 is 2.15 bits per heavy atom. The van der Waals surface area contributed by atoms with Crippen LogP contribution in [-0.2, 0) is 6.42 Å². The number of hydrogen-bond acceptors (Lipinski definition) is 3. The molecule has 0 bridgehead atoms. The van der Waals surface area contributed by atoms with Gasteiger partial charge in [-0.05, 0) is 41.8 Å². The topological polar surface area (TPSA) is 71.4 Å². The molecule has 1 unspecified atom stereocenters. The van der Waals surface area contributed by atoms with Gasteiger partial charge in [-0.15, -0.1) is 0 Å². The lowest BCUT2D eigenvalue weighted by molar-refractivity contribution is 0.848. The van der Waals surface area contributed by atoms with Crippen molar-refractivity contribution in [1.82, 2.24) is 0 Å². The van der Waals surface area contributed by atoms with Crippen molar-refractivity contribution in [2.75, 3.05) is 0 Å². The maximum Gasteiger partial charge on any atom is 0.0991 e. The van der Waals surface area contributed by atoms with Crippen LogP contribution in [0.5, 0.6) is 0 Å². The third kappa shape index (κ3) is 3.02. The average molecular weight is 257 g/mol. The number of benzene rings is 2. The molecule has 0 fully saturated rings. The quantitative estimate of drug-likeness (QED) is 0.847. The molecule has 20 heavy (non-hydrogen) atoms. The lowest BCUT2D eigenvalue weighted by Crippen LogP contribution is -2.00.